The molecule has 0 unspecified atom stereocenters. The number of aromatic nitrogens is 1. The smallest absolute Gasteiger partial charge is 0.350 e. The fourth-order valence-electron chi connectivity index (χ4n) is 4.43. The first kappa shape index (κ1) is 23.1. The number of anilines is 1. The molecule has 5 rings (SSSR count). The van der Waals surface area contributed by atoms with E-state index in [-0.39, 0.29) is 17.6 Å². The van der Waals surface area contributed by atoms with Crippen molar-refractivity contribution < 1.29 is 14.3 Å². The predicted molar refractivity (Wildman–Crippen MR) is 143 cm³/mol. The number of hydrogen-bond acceptors (Lipinski definition) is 6. The number of thiophene rings is 1. The first-order valence-corrected chi connectivity index (χ1v) is 12.7. The maximum atomic E-state index is 12.9. The molecule has 1 aliphatic carbocycles. The second-order valence-electron chi connectivity index (χ2n) is 8.12. The molecule has 2 aromatic carbocycles. The number of aryl methyl sites for hydroxylation is 1. The highest BCUT2D eigenvalue weighted by atomic mass is 32.1. The molecule has 1 aliphatic rings. The van der Waals surface area contributed by atoms with Crippen molar-refractivity contribution in [1.29, 1.82) is 0 Å². The summed E-state index contributed by atoms with van der Waals surface area (Å²) >= 11 is 6.75. The quantitative estimate of drug-likeness (QED) is 0.268. The van der Waals surface area contributed by atoms with E-state index in [9.17, 15) is 9.59 Å². The molecule has 2 heterocycles. The van der Waals surface area contributed by atoms with E-state index in [0.29, 0.717) is 16.1 Å². The van der Waals surface area contributed by atoms with Gasteiger partial charge in [-0.3, -0.25) is 10.1 Å². The zero-order chi connectivity index (χ0) is 24.4. The van der Waals surface area contributed by atoms with Crippen LogP contribution in [0.2, 0.25) is 0 Å². The van der Waals surface area contributed by atoms with Gasteiger partial charge in [0.25, 0.3) is 5.91 Å². The van der Waals surface area contributed by atoms with Crippen LogP contribution in [-0.2, 0) is 17.6 Å². The summed E-state index contributed by atoms with van der Waals surface area (Å²) < 4.78 is 5.34. The standard InChI is InChI=1S/C27H23N3O3S2/c1-2-33-26(32)23-22(29-27(34)30-24(31)17-12-7-4-8-13-17)20-18-14-9-15-19(18)21(28-25(20)35-23)16-10-5-3-6-11-16/h3-8,10-13H,2,9,14-15H2,1H3,(H2,29,30,31,34). The van der Waals surface area contributed by atoms with Gasteiger partial charge in [0, 0.05) is 16.5 Å². The van der Waals surface area contributed by atoms with Gasteiger partial charge in [0.2, 0.25) is 0 Å². The van der Waals surface area contributed by atoms with E-state index >= 15 is 0 Å². The van der Waals surface area contributed by atoms with Crippen LogP contribution in [-0.4, -0.2) is 28.6 Å². The fraction of sp³-hybridized carbons (Fsp3) is 0.185. The Hall–Kier alpha value is -3.62. The number of fused-ring (bicyclic) bond motifs is 3. The van der Waals surface area contributed by atoms with Crippen molar-refractivity contribution in [3.8, 4) is 11.3 Å². The minimum absolute atomic E-state index is 0.114. The van der Waals surface area contributed by atoms with Crippen molar-refractivity contribution in [2.45, 2.75) is 26.2 Å². The predicted octanol–water partition coefficient (Wildman–Crippen LogP) is 5.76. The normalized spacial score (nSPS) is 12.3. The molecule has 2 N–H and O–H groups in total. The molecular weight excluding hydrogens is 478 g/mol. The number of esters is 1. The molecule has 35 heavy (non-hydrogen) atoms. The average molecular weight is 502 g/mol. The minimum Gasteiger partial charge on any atom is -0.462 e. The number of thiocarbonyl (C=S) groups is 1. The van der Waals surface area contributed by atoms with Gasteiger partial charge >= 0.3 is 5.97 Å². The second-order valence-corrected chi connectivity index (χ2v) is 9.53. The highest BCUT2D eigenvalue weighted by molar-refractivity contribution is 7.80. The Labute approximate surface area is 212 Å². The number of benzene rings is 2. The van der Waals surface area contributed by atoms with Crippen LogP contribution in [0.25, 0.3) is 21.5 Å². The van der Waals surface area contributed by atoms with Gasteiger partial charge in [-0.15, -0.1) is 11.3 Å². The molecule has 0 saturated heterocycles. The van der Waals surface area contributed by atoms with E-state index in [2.05, 4.69) is 22.8 Å². The first-order valence-electron chi connectivity index (χ1n) is 11.4. The highest BCUT2D eigenvalue weighted by Gasteiger charge is 2.29. The Kier molecular flexibility index (Phi) is 6.57. The second kappa shape index (κ2) is 9.93. The molecule has 8 heteroatoms. The lowest BCUT2D eigenvalue weighted by molar-refractivity contribution is 0.0533. The number of amides is 1. The van der Waals surface area contributed by atoms with Crippen molar-refractivity contribution in [2.75, 3.05) is 11.9 Å². The average Bonchev–Trinajstić information content (AvgIpc) is 3.49. The van der Waals surface area contributed by atoms with Crippen LogP contribution in [0.3, 0.4) is 0 Å². The van der Waals surface area contributed by atoms with E-state index in [4.69, 9.17) is 21.9 Å². The Bertz CT molecular complexity index is 1430. The molecule has 0 bridgehead atoms. The SMILES string of the molecule is CCOC(=O)c1sc2nc(-c3ccccc3)c3c(c2c1NC(=S)NC(=O)c1ccccc1)CCC3. The maximum Gasteiger partial charge on any atom is 0.350 e. The van der Waals surface area contributed by atoms with Crippen LogP contribution in [0.5, 0.6) is 0 Å². The Morgan fingerprint density at radius 3 is 2.43 bits per heavy atom. The monoisotopic (exact) mass is 501 g/mol. The third kappa shape index (κ3) is 4.54. The van der Waals surface area contributed by atoms with Gasteiger partial charge in [0.1, 0.15) is 9.71 Å². The molecule has 4 aromatic rings. The lowest BCUT2D eigenvalue weighted by Gasteiger charge is -2.13. The summed E-state index contributed by atoms with van der Waals surface area (Å²) in [4.78, 5) is 31.7. The zero-order valence-corrected chi connectivity index (χ0v) is 20.7. The summed E-state index contributed by atoms with van der Waals surface area (Å²) in [6.07, 6.45) is 2.81. The number of pyridine rings is 1. The topological polar surface area (TPSA) is 80.3 Å². The molecular formula is C27H23N3O3S2. The van der Waals surface area contributed by atoms with Gasteiger partial charge in [-0.05, 0) is 61.7 Å². The third-order valence-corrected chi connectivity index (χ3v) is 7.19. The number of carbonyl (C=O) groups excluding carboxylic acids is 2. The fourth-order valence-corrected chi connectivity index (χ4v) is 5.68. The van der Waals surface area contributed by atoms with E-state index in [0.717, 1.165) is 40.7 Å². The summed E-state index contributed by atoms with van der Waals surface area (Å²) in [6, 6.07) is 18.9. The maximum absolute atomic E-state index is 12.9. The number of hydrogen-bond donors (Lipinski definition) is 2. The van der Waals surface area contributed by atoms with Gasteiger partial charge in [-0.25, -0.2) is 9.78 Å². The van der Waals surface area contributed by atoms with E-state index < -0.39 is 5.97 Å². The van der Waals surface area contributed by atoms with Crippen LogP contribution in [0.15, 0.2) is 60.7 Å². The largest absolute Gasteiger partial charge is 0.462 e. The van der Waals surface area contributed by atoms with Gasteiger partial charge in [-0.2, -0.15) is 0 Å². The van der Waals surface area contributed by atoms with Crippen molar-refractivity contribution in [1.82, 2.24) is 10.3 Å². The summed E-state index contributed by atoms with van der Waals surface area (Å²) in [5.74, 6) is -0.766. The van der Waals surface area contributed by atoms with Gasteiger partial charge in [-0.1, -0.05) is 48.5 Å². The summed E-state index contributed by atoms with van der Waals surface area (Å²) in [5.41, 5.74) is 5.41. The summed E-state index contributed by atoms with van der Waals surface area (Å²) in [7, 11) is 0. The van der Waals surface area contributed by atoms with Gasteiger partial charge in [0.15, 0.2) is 5.11 Å². The van der Waals surface area contributed by atoms with Crippen LogP contribution < -0.4 is 10.6 Å². The molecule has 0 saturated carbocycles. The van der Waals surface area contributed by atoms with E-state index in [1.807, 2.05) is 24.3 Å². The third-order valence-electron chi connectivity index (χ3n) is 5.92. The Morgan fingerprint density at radius 1 is 1.03 bits per heavy atom. The lowest BCUT2D eigenvalue weighted by Crippen LogP contribution is -2.34. The zero-order valence-electron chi connectivity index (χ0n) is 19.1. The summed E-state index contributed by atoms with van der Waals surface area (Å²) in [6.45, 7) is 2.02. The van der Waals surface area contributed by atoms with E-state index in [1.165, 1.54) is 22.5 Å². The van der Waals surface area contributed by atoms with Crippen LogP contribution in [0.1, 0.15) is 44.5 Å². The molecule has 0 fully saturated rings. The highest BCUT2D eigenvalue weighted by Crippen LogP contribution is 2.44. The van der Waals surface area contributed by atoms with E-state index in [1.54, 1.807) is 31.2 Å². The Morgan fingerprint density at radius 2 is 1.71 bits per heavy atom. The molecule has 1 amide bonds. The van der Waals surface area contributed by atoms with Gasteiger partial charge < -0.3 is 10.1 Å². The minimum atomic E-state index is -0.441. The molecule has 0 aliphatic heterocycles. The number of nitrogens with zero attached hydrogens (tertiary/aromatic N) is 1. The van der Waals surface area contributed by atoms with Crippen molar-refractivity contribution in [3.05, 3.63) is 82.2 Å². The van der Waals surface area contributed by atoms with Gasteiger partial charge in [0.05, 0.1) is 18.0 Å². The first-order chi connectivity index (χ1) is 17.1. The molecule has 6 nitrogen and oxygen atoms in total. The number of ether oxygens (including phenoxy) is 1. The summed E-state index contributed by atoms with van der Waals surface area (Å²) in [5, 5.41) is 6.84. The molecule has 0 atom stereocenters. The molecule has 0 spiro atoms. The Balaban J connectivity index is 1.58. The van der Waals surface area contributed by atoms with Crippen LogP contribution in [0.4, 0.5) is 5.69 Å². The number of nitrogens with one attached hydrogen (secondary N) is 2. The molecule has 0 radical (unpaired) electrons. The van der Waals surface area contributed by atoms with Crippen LogP contribution in [0, 0.1) is 0 Å². The van der Waals surface area contributed by atoms with Crippen LogP contribution >= 0.6 is 23.6 Å². The molecule has 176 valence electrons. The molecule has 2 aromatic heterocycles. The lowest BCUT2D eigenvalue weighted by atomic mass is 10.00. The van der Waals surface area contributed by atoms with Crippen molar-refractivity contribution in [2.24, 2.45) is 0 Å². The van der Waals surface area contributed by atoms with Crippen molar-refractivity contribution >= 4 is 56.4 Å². The number of carbonyl (C=O) groups is 2. The van der Waals surface area contributed by atoms with Crippen molar-refractivity contribution in [3.63, 3.8) is 0 Å². The number of rotatable bonds is 5.